The van der Waals surface area contributed by atoms with Gasteiger partial charge in [0.2, 0.25) is 5.95 Å². The Morgan fingerprint density at radius 1 is 1.68 bits per heavy atom. The molecule has 116 valence electrons. The van der Waals surface area contributed by atoms with Gasteiger partial charge in [-0.25, -0.2) is 4.98 Å². The fraction of sp³-hybridized carbons (Fsp3) is 0.462. The van der Waals surface area contributed by atoms with Gasteiger partial charge < -0.3 is 20.3 Å². The second-order valence-electron chi connectivity index (χ2n) is 4.88. The largest absolute Gasteiger partial charge is 0.394 e. The summed E-state index contributed by atoms with van der Waals surface area (Å²) in [6.45, 7) is -0.0681. The number of rotatable bonds is 4. The Kier molecular flexibility index (Phi) is 3.81. The Balaban J connectivity index is 1.92. The van der Waals surface area contributed by atoms with Gasteiger partial charge in [-0.2, -0.15) is 4.98 Å². The predicted octanol–water partition coefficient (Wildman–Crippen LogP) is -1.000. The third-order valence-corrected chi connectivity index (χ3v) is 3.50. The van der Waals surface area contributed by atoms with Crippen LogP contribution in [0.25, 0.3) is 11.2 Å². The molecule has 0 unspecified atom stereocenters. The molecule has 0 radical (unpaired) electrons. The molecule has 0 saturated carbocycles. The Bertz CT molecular complexity index is 777. The van der Waals surface area contributed by atoms with E-state index >= 15 is 0 Å². The first kappa shape index (κ1) is 14.5. The van der Waals surface area contributed by atoms with Gasteiger partial charge in [0.05, 0.1) is 19.0 Å². The Morgan fingerprint density at radius 2 is 2.50 bits per heavy atom. The van der Waals surface area contributed by atoms with Crippen LogP contribution in [0.5, 0.6) is 0 Å². The van der Waals surface area contributed by atoms with Crippen molar-refractivity contribution in [2.45, 2.75) is 24.9 Å². The number of fused-ring (bicyclic) bond motifs is 1. The molecule has 1 fully saturated rings. The van der Waals surface area contributed by atoms with Gasteiger partial charge in [0.1, 0.15) is 18.9 Å². The van der Waals surface area contributed by atoms with Crippen molar-refractivity contribution < 1.29 is 14.6 Å². The van der Waals surface area contributed by atoms with Gasteiger partial charge in [0.15, 0.2) is 11.2 Å². The zero-order valence-corrected chi connectivity index (χ0v) is 11.6. The minimum atomic E-state index is -0.504. The molecule has 9 heteroatoms. The fourth-order valence-electron chi connectivity index (χ4n) is 2.52. The molecule has 2 aromatic rings. The lowest BCUT2D eigenvalue weighted by Gasteiger charge is -2.15. The van der Waals surface area contributed by atoms with E-state index in [1.54, 1.807) is 4.57 Å². The number of nitrogens with zero attached hydrogens (tertiary/aromatic N) is 3. The number of aromatic amines is 1. The number of hydrogen-bond donors (Lipinski definition) is 3. The lowest BCUT2D eigenvalue weighted by Crippen LogP contribution is -2.27. The normalized spacial score (nSPS) is 24.6. The summed E-state index contributed by atoms with van der Waals surface area (Å²) in [6.07, 6.45) is 5.76. The lowest BCUT2D eigenvalue weighted by atomic mass is 10.2. The number of anilines is 1. The first-order valence-corrected chi connectivity index (χ1v) is 6.67. The molecular formula is C13H15N5O4. The molecule has 3 rings (SSSR count). The highest BCUT2D eigenvalue weighted by molar-refractivity contribution is 5.70. The molecule has 0 amide bonds. The van der Waals surface area contributed by atoms with Crippen LogP contribution in [0.4, 0.5) is 5.95 Å². The van der Waals surface area contributed by atoms with Crippen LogP contribution in [0.1, 0.15) is 12.6 Å². The summed E-state index contributed by atoms with van der Waals surface area (Å²) in [7, 11) is 0. The quantitative estimate of drug-likeness (QED) is 0.618. The minimum Gasteiger partial charge on any atom is -0.394 e. The summed E-state index contributed by atoms with van der Waals surface area (Å²) in [6, 6.07) is 0. The van der Waals surface area contributed by atoms with Crippen LogP contribution >= 0.6 is 0 Å². The highest BCUT2D eigenvalue weighted by Crippen LogP contribution is 2.32. The number of imidazole rings is 1. The Hall–Kier alpha value is -2.41. The SMILES string of the molecule is C#CCO[C@H]1C[C@H](n2cnc3c(=O)[nH]c(N)nc32)O[C@@H]1CO. The second-order valence-corrected chi connectivity index (χ2v) is 4.88. The zero-order chi connectivity index (χ0) is 15.7. The molecule has 1 aliphatic rings. The van der Waals surface area contributed by atoms with Crippen LogP contribution in [-0.4, -0.2) is 50.0 Å². The van der Waals surface area contributed by atoms with Gasteiger partial charge in [-0.3, -0.25) is 14.3 Å². The summed E-state index contributed by atoms with van der Waals surface area (Å²) in [4.78, 5) is 22.3. The molecule has 2 aromatic heterocycles. The Labute approximate surface area is 125 Å². The molecule has 1 saturated heterocycles. The predicted molar refractivity (Wildman–Crippen MR) is 76.7 cm³/mol. The van der Waals surface area contributed by atoms with E-state index < -0.39 is 17.9 Å². The van der Waals surface area contributed by atoms with Crippen molar-refractivity contribution >= 4 is 17.1 Å². The number of hydrogen-bond acceptors (Lipinski definition) is 7. The zero-order valence-electron chi connectivity index (χ0n) is 11.6. The third-order valence-electron chi connectivity index (χ3n) is 3.50. The first-order chi connectivity index (χ1) is 10.6. The maximum absolute atomic E-state index is 11.8. The number of nitrogen functional groups attached to an aromatic ring is 1. The van der Waals surface area contributed by atoms with Gasteiger partial charge in [0, 0.05) is 6.42 Å². The standard InChI is InChI=1S/C13H15N5O4/c1-2-3-21-7-4-9(22-8(7)5-19)18-6-15-10-11(18)16-13(14)17-12(10)20/h1,6-9,19H,3-5H2,(H3,14,16,17,20)/t7-,8+,9+/m0/s1. The summed E-state index contributed by atoms with van der Waals surface area (Å²) >= 11 is 0. The number of ether oxygens (including phenoxy) is 2. The van der Waals surface area contributed by atoms with E-state index in [2.05, 4.69) is 20.9 Å². The average molecular weight is 305 g/mol. The van der Waals surface area contributed by atoms with Crippen molar-refractivity contribution in [3.05, 3.63) is 16.7 Å². The van der Waals surface area contributed by atoms with Crippen molar-refractivity contribution in [1.82, 2.24) is 19.5 Å². The Morgan fingerprint density at radius 3 is 3.23 bits per heavy atom. The van der Waals surface area contributed by atoms with Gasteiger partial charge in [-0.05, 0) is 0 Å². The number of nitrogens with two attached hydrogens (primary N) is 1. The molecule has 0 aliphatic carbocycles. The number of aliphatic hydroxyl groups excluding tert-OH is 1. The van der Waals surface area contributed by atoms with E-state index in [1.165, 1.54) is 6.33 Å². The lowest BCUT2D eigenvalue weighted by molar-refractivity contribution is -0.0555. The third kappa shape index (κ3) is 2.43. The van der Waals surface area contributed by atoms with E-state index in [9.17, 15) is 9.90 Å². The molecule has 22 heavy (non-hydrogen) atoms. The second kappa shape index (κ2) is 5.76. The summed E-state index contributed by atoms with van der Waals surface area (Å²) in [5.41, 5.74) is 5.64. The molecule has 4 N–H and O–H groups in total. The first-order valence-electron chi connectivity index (χ1n) is 6.67. The van der Waals surface area contributed by atoms with Crippen LogP contribution in [0.2, 0.25) is 0 Å². The monoisotopic (exact) mass is 305 g/mol. The molecule has 3 atom stereocenters. The molecule has 1 aliphatic heterocycles. The number of aromatic nitrogens is 4. The topological polar surface area (TPSA) is 128 Å². The molecule has 3 heterocycles. The summed E-state index contributed by atoms with van der Waals surface area (Å²) in [5, 5.41) is 9.38. The van der Waals surface area contributed by atoms with Crippen molar-refractivity contribution in [2.75, 3.05) is 18.9 Å². The average Bonchev–Trinajstić information content (AvgIpc) is 3.08. The smallest absolute Gasteiger partial charge is 0.280 e. The van der Waals surface area contributed by atoms with E-state index in [-0.39, 0.29) is 30.8 Å². The maximum atomic E-state index is 11.8. The van der Waals surface area contributed by atoms with E-state index in [0.29, 0.717) is 12.1 Å². The number of nitrogens with one attached hydrogen (secondary N) is 1. The van der Waals surface area contributed by atoms with E-state index in [0.717, 1.165) is 0 Å². The maximum Gasteiger partial charge on any atom is 0.280 e. The number of terminal acetylenes is 1. The van der Waals surface area contributed by atoms with Crippen LogP contribution in [0.15, 0.2) is 11.1 Å². The highest BCUT2D eigenvalue weighted by atomic mass is 16.6. The van der Waals surface area contributed by atoms with Gasteiger partial charge in [-0.15, -0.1) is 6.42 Å². The van der Waals surface area contributed by atoms with Gasteiger partial charge >= 0.3 is 0 Å². The van der Waals surface area contributed by atoms with Crippen LogP contribution < -0.4 is 11.3 Å². The van der Waals surface area contributed by atoms with Crippen molar-refractivity contribution in [2.24, 2.45) is 0 Å². The van der Waals surface area contributed by atoms with Crippen LogP contribution in [0, 0.1) is 12.3 Å². The van der Waals surface area contributed by atoms with Gasteiger partial charge in [0.25, 0.3) is 5.56 Å². The minimum absolute atomic E-state index is 0.00362. The van der Waals surface area contributed by atoms with Crippen molar-refractivity contribution in [1.29, 1.82) is 0 Å². The number of H-pyrrole nitrogens is 1. The van der Waals surface area contributed by atoms with Crippen molar-refractivity contribution in [3.63, 3.8) is 0 Å². The molecule has 0 aromatic carbocycles. The summed E-state index contributed by atoms with van der Waals surface area (Å²) < 4.78 is 12.8. The van der Waals surface area contributed by atoms with Gasteiger partial charge in [-0.1, -0.05) is 5.92 Å². The molecule has 0 spiro atoms. The molecule has 9 nitrogen and oxygen atoms in total. The highest BCUT2D eigenvalue weighted by Gasteiger charge is 2.37. The van der Waals surface area contributed by atoms with Crippen LogP contribution in [0.3, 0.4) is 0 Å². The number of aliphatic hydroxyl groups is 1. The molecule has 0 bridgehead atoms. The van der Waals surface area contributed by atoms with E-state index in [4.69, 9.17) is 21.6 Å². The fourth-order valence-corrected chi connectivity index (χ4v) is 2.52. The van der Waals surface area contributed by atoms with Crippen molar-refractivity contribution in [3.8, 4) is 12.3 Å². The molecular weight excluding hydrogens is 290 g/mol. The van der Waals surface area contributed by atoms with E-state index in [1.807, 2.05) is 0 Å². The summed E-state index contributed by atoms with van der Waals surface area (Å²) in [5.74, 6) is 2.38. The van der Waals surface area contributed by atoms with Crippen LogP contribution in [-0.2, 0) is 9.47 Å².